The third-order valence-corrected chi connectivity index (χ3v) is 6.39. The largest absolute Gasteiger partial charge is 0.496 e. The molecule has 152 valence electrons. The molecule has 0 aliphatic heterocycles. The van der Waals surface area contributed by atoms with E-state index in [1.165, 1.54) is 19.2 Å². The molecule has 5 nitrogen and oxygen atoms in total. The molecule has 0 aliphatic rings. The summed E-state index contributed by atoms with van der Waals surface area (Å²) in [6, 6.07) is 22.2. The summed E-state index contributed by atoms with van der Waals surface area (Å²) in [6.07, 6.45) is 0. The van der Waals surface area contributed by atoms with Crippen molar-refractivity contribution in [3.63, 3.8) is 0 Å². The summed E-state index contributed by atoms with van der Waals surface area (Å²) >= 11 is 3.32. The van der Waals surface area contributed by atoms with E-state index in [9.17, 15) is 8.42 Å². The van der Waals surface area contributed by atoms with Gasteiger partial charge in [-0.2, -0.15) is 0 Å². The third kappa shape index (κ3) is 5.90. The average Bonchev–Trinajstić information content (AvgIpc) is 2.74. The van der Waals surface area contributed by atoms with Crippen molar-refractivity contribution in [2.45, 2.75) is 24.7 Å². The molecule has 0 radical (unpaired) electrons. The van der Waals surface area contributed by atoms with Gasteiger partial charge < -0.3 is 9.47 Å². The Balaban J connectivity index is 1.65. The molecule has 0 heterocycles. The maximum atomic E-state index is 12.7. The molecule has 29 heavy (non-hydrogen) atoms. The van der Waals surface area contributed by atoms with Gasteiger partial charge in [0.1, 0.15) is 5.75 Å². The number of nitrogens with one attached hydrogen (secondary N) is 1. The first-order valence-electron chi connectivity index (χ1n) is 9.01. The van der Waals surface area contributed by atoms with Crippen molar-refractivity contribution in [2.75, 3.05) is 7.11 Å². The lowest BCUT2D eigenvalue weighted by molar-refractivity contribution is 0.106. The van der Waals surface area contributed by atoms with E-state index < -0.39 is 10.0 Å². The monoisotopic (exact) mass is 475 g/mol. The lowest BCUT2D eigenvalue weighted by atomic mass is 10.1. The first kappa shape index (κ1) is 21.5. The molecule has 0 aromatic heterocycles. The van der Waals surface area contributed by atoms with E-state index in [1.54, 1.807) is 6.07 Å². The van der Waals surface area contributed by atoms with Crippen LogP contribution in [0.3, 0.4) is 0 Å². The van der Waals surface area contributed by atoms with E-state index in [2.05, 4.69) is 20.7 Å². The fourth-order valence-electron chi connectivity index (χ4n) is 2.79. The van der Waals surface area contributed by atoms with Gasteiger partial charge in [0.15, 0.2) is 0 Å². The van der Waals surface area contributed by atoms with Crippen LogP contribution in [0, 0.1) is 0 Å². The van der Waals surface area contributed by atoms with Crippen molar-refractivity contribution in [3.05, 3.63) is 94.0 Å². The summed E-state index contributed by atoms with van der Waals surface area (Å²) in [7, 11) is -2.13. The van der Waals surface area contributed by atoms with Crippen LogP contribution in [-0.4, -0.2) is 15.5 Å². The van der Waals surface area contributed by atoms with Gasteiger partial charge in [-0.3, -0.25) is 0 Å². The zero-order valence-corrected chi connectivity index (χ0v) is 18.4. The summed E-state index contributed by atoms with van der Waals surface area (Å²) in [5.74, 6) is 0.574. The second-order valence-corrected chi connectivity index (χ2v) is 8.99. The highest BCUT2D eigenvalue weighted by molar-refractivity contribution is 9.10. The van der Waals surface area contributed by atoms with E-state index in [0.717, 1.165) is 16.7 Å². The number of rotatable bonds is 9. The predicted octanol–water partition coefficient (Wildman–Crippen LogP) is 4.65. The smallest absolute Gasteiger partial charge is 0.240 e. The first-order chi connectivity index (χ1) is 14.0. The van der Waals surface area contributed by atoms with Crippen molar-refractivity contribution in [3.8, 4) is 5.75 Å². The molecular formula is C22H22BrNO4S. The topological polar surface area (TPSA) is 64.6 Å². The first-order valence-corrected chi connectivity index (χ1v) is 11.3. The predicted molar refractivity (Wildman–Crippen MR) is 116 cm³/mol. The molecule has 0 saturated carbocycles. The van der Waals surface area contributed by atoms with Crippen molar-refractivity contribution in [1.29, 1.82) is 0 Å². The van der Waals surface area contributed by atoms with Gasteiger partial charge in [0.25, 0.3) is 0 Å². The van der Waals surface area contributed by atoms with Gasteiger partial charge in [0, 0.05) is 6.54 Å². The minimum Gasteiger partial charge on any atom is -0.496 e. The van der Waals surface area contributed by atoms with Gasteiger partial charge in [-0.15, -0.1) is 0 Å². The quantitative estimate of drug-likeness (QED) is 0.488. The Kier molecular flexibility index (Phi) is 7.44. The molecule has 0 bridgehead atoms. The van der Waals surface area contributed by atoms with Crippen LogP contribution < -0.4 is 9.46 Å². The minimum atomic E-state index is -3.66. The van der Waals surface area contributed by atoms with Crippen LogP contribution in [-0.2, 0) is 34.5 Å². The van der Waals surface area contributed by atoms with Crippen molar-refractivity contribution in [2.24, 2.45) is 0 Å². The molecule has 7 heteroatoms. The van der Waals surface area contributed by atoms with Crippen molar-refractivity contribution < 1.29 is 17.9 Å². The summed E-state index contributed by atoms with van der Waals surface area (Å²) in [5.41, 5.74) is 2.91. The average molecular weight is 476 g/mol. The van der Waals surface area contributed by atoms with Gasteiger partial charge >= 0.3 is 0 Å². The number of methoxy groups -OCH3 is 1. The molecule has 3 aromatic carbocycles. The van der Waals surface area contributed by atoms with Crippen LogP contribution in [0.25, 0.3) is 0 Å². The number of ether oxygens (including phenoxy) is 2. The third-order valence-electron chi connectivity index (χ3n) is 4.37. The van der Waals surface area contributed by atoms with E-state index in [1.807, 2.05) is 54.6 Å². The van der Waals surface area contributed by atoms with Gasteiger partial charge in [-0.1, -0.05) is 54.6 Å². The summed E-state index contributed by atoms with van der Waals surface area (Å²) < 4.78 is 39.5. The summed E-state index contributed by atoms with van der Waals surface area (Å²) in [6.45, 7) is 1.08. The van der Waals surface area contributed by atoms with E-state index in [0.29, 0.717) is 23.4 Å². The highest BCUT2D eigenvalue weighted by atomic mass is 79.9. The Morgan fingerprint density at radius 2 is 1.59 bits per heavy atom. The van der Waals surface area contributed by atoms with E-state index in [4.69, 9.17) is 9.47 Å². The molecule has 0 amide bonds. The second-order valence-electron chi connectivity index (χ2n) is 6.37. The molecule has 3 rings (SSSR count). The lowest BCUT2D eigenvalue weighted by Gasteiger charge is -2.12. The van der Waals surface area contributed by atoms with Crippen LogP contribution >= 0.6 is 15.9 Å². The highest BCUT2D eigenvalue weighted by Gasteiger charge is 2.16. The van der Waals surface area contributed by atoms with Gasteiger partial charge in [-0.25, -0.2) is 13.1 Å². The standard InChI is InChI=1S/C22H22BrNO4S/c1-27-22-12-11-20(13-21(22)23)29(25,26)24-14-18-9-5-6-10-19(18)16-28-15-17-7-3-2-4-8-17/h2-13,24H,14-16H2,1H3. The fourth-order valence-corrected chi connectivity index (χ4v) is 4.52. The molecular weight excluding hydrogens is 454 g/mol. The lowest BCUT2D eigenvalue weighted by Crippen LogP contribution is -2.24. The van der Waals surface area contributed by atoms with E-state index in [-0.39, 0.29) is 11.4 Å². The molecule has 0 unspecified atom stereocenters. The number of halogens is 1. The van der Waals surface area contributed by atoms with E-state index >= 15 is 0 Å². The number of hydrogen-bond acceptors (Lipinski definition) is 4. The normalized spacial score (nSPS) is 11.4. The maximum absolute atomic E-state index is 12.7. The fraction of sp³-hybridized carbons (Fsp3) is 0.182. The van der Waals surface area contributed by atoms with Gasteiger partial charge in [0.05, 0.1) is 29.7 Å². The molecule has 0 atom stereocenters. The molecule has 3 aromatic rings. The number of sulfonamides is 1. The Hall–Kier alpha value is -2.19. The number of benzene rings is 3. The van der Waals surface area contributed by atoms with Crippen molar-refractivity contribution in [1.82, 2.24) is 4.72 Å². The molecule has 0 aliphatic carbocycles. The van der Waals surface area contributed by atoms with Crippen LogP contribution in [0.1, 0.15) is 16.7 Å². The molecule has 0 saturated heterocycles. The zero-order valence-electron chi connectivity index (χ0n) is 16.0. The summed E-state index contributed by atoms with van der Waals surface area (Å²) in [4.78, 5) is 0.169. The maximum Gasteiger partial charge on any atom is 0.240 e. The number of hydrogen-bond donors (Lipinski definition) is 1. The van der Waals surface area contributed by atoms with Crippen molar-refractivity contribution >= 4 is 26.0 Å². The SMILES string of the molecule is COc1ccc(S(=O)(=O)NCc2ccccc2COCc2ccccc2)cc1Br. The summed E-state index contributed by atoms with van der Waals surface area (Å²) in [5, 5.41) is 0. The zero-order chi connectivity index (χ0) is 20.7. The Morgan fingerprint density at radius 1 is 0.897 bits per heavy atom. The van der Waals surface area contributed by atoms with Crippen LogP contribution in [0.2, 0.25) is 0 Å². The second kappa shape index (κ2) is 10.0. The van der Waals surface area contributed by atoms with Crippen LogP contribution in [0.4, 0.5) is 0 Å². The van der Waals surface area contributed by atoms with Gasteiger partial charge in [-0.05, 0) is 50.8 Å². The van der Waals surface area contributed by atoms with Gasteiger partial charge in [0.2, 0.25) is 10.0 Å². The molecule has 0 spiro atoms. The Bertz CT molecular complexity index is 1060. The Labute approximate surface area is 179 Å². The van der Waals surface area contributed by atoms with Crippen LogP contribution in [0.5, 0.6) is 5.75 Å². The highest BCUT2D eigenvalue weighted by Crippen LogP contribution is 2.27. The minimum absolute atomic E-state index is 0.169. The van der Waals surface area contributed by atoms with Crippen LogP contribution in [0.15, 0.2) is 82.2 Å². The molecule has 0 fully saturated rings. The Morgan fingerprint density at radius 3 is 2.28 bits per heavy atom. The molecule has 1 N–H and O–H groups in total.